The van der Waals surface area contributed by atoms with E-state index in [1.54, 1.807) is 12.1 Å². The Morgan fingerprint density at radius 3 is 2.35 bits per heavy atom. The number of non-ortho nitro benzene ring substituents is 1. The molecule has 2 aliphatic carbocycles. The summed E-state index contributed by atoms with van der Waals surface area (Å²) in [4.78, 5) is 15.6. The molecule has 1 aliphatic heterocycles. The molecule has 2 bridgehead atoms. The van der Waals surface area contributed by atoms with Crippen molar-refractivity contribution in [2.45, 2.75) is 38.3 Å². The van der Waals surface area contributed by atoms with E-state index < -0.39 is 0 Å². The van der Waals surface area contributed by atoms with Gasteiger partial charge in [-0.1, -0.05) is 18.6 Å². The second kappa shape index (κ2) is 6.21. The number of hydrogen-bond acceptors (Lipinski definition) is 4. The topological polar surface area (TPSA) is 49.6 Å². The number of rotatable bonds is 4. The first kappa shape index (κ1) is 15.1. The van der Waals surface area contributed by atoms with Gasteiger partial charge in [0.1, 0.15) is 0 Å². The van der Waals surface area contributed by atoms with Gasteiger partial charge in [0.05, 0.1) is 4.92 Å². The van der Waals surface area contributed by atoms with Crippen LogP contribution in [-0.4, -0.2) is 46.9 Å². The summed E-state index contributed by atoms with van der Waals surface area (Å²) < 4.78 is 0. The van der Waals surface area contributed by atoms with E-state index in [0.29, 0.717) is 0 Å². The lowest BCUT2D eigenvalue weighted by molar-refractivity contribution is -0.384. The van der Waals surface area contributed by atoms with Gasteiger partial charge < -0.3 is 0 Å². The Bertz CT molecular complexity index is 566. The molecule has 1 saturated heterocycles. The molecule has 0 spiro atoms. The van der Waals surface area contributed by atoms with E-state index in [9.17, 15) is 10.1 Å². The lowest BCUT2D eigenvalue weighted by Crippen LogP contribution is -2.51. The predicted molar refractivity (Wildman–Crippen MR) is 89.2 cm³/mol. The summed E-state index contributed by atoms with van der Waals surface area (Å²) in [5, 5.41) is 10.7. The average Bonchev–Trinajstić information content (AvgIpc) is 3.19. The highest BCUT2D eigenvalue weighted by atomic mass is 16.6. The Kier molecular flexibility index (Phi) is 4.07. The third-order valence-electron chi connectivity index (χ3n) is 6.13. The number of hydrogen-bond donors (Lipinski definition) is 0. The van der Waals surface area contributed by atoms with Crippen LogP contribution in [0.5, 0.6) is 0 Å². The second-order valence-electron chi connectivity index (χ2n) is 7.48. The fourth-order valence-electron chi connectivity index (χ4n) is 4.89. The average molecular weight is 315 g/mol. The van der Waals surface area contributed by atoms with Crippen LogP contribution in [0.4, 0.5) is 5.69 Å². The standard InChI is InChI=1S/C18H25N3O2/c22-21(23)17-5-2-14(3-6-17)13-19-7-9-20(10-8-19)18-12-15-1-4-16(18)11-15/h2-3,5-6,15-16,18H,1,4,7-13H2/t15-,16+,18+/m1/s1. The molecule has 124 valence electrons. The van der Waals surface area contributed by atoms with Crippen molar-refractivity contribution in [2.24, 2.45) is 11.8 Å². The predicted octanol–water partition coefficient (Wildman–Crippen LogP) is 2.90. The van der Waals surface area contributed by atoms with Crippen LogP contribution in [0.1, 0.15) is 31.2 Å². The highest BCUT2D eigenvalue weighted by molar-refractivity contribution is 5.32. The van der Waals surface area contributed by atoms with Gasteiger partial charge in [0.25, 0.3) is 5.69 Å². The maximum atomic E-state index is 10.7. The van der Waals surface area contributed by atoms with Crippen molar-refractivity contribution in [3.8, 4) is 0 Å². The zero-order valence-corrected chi connectivity index (χ0v) is 13.6. The van der Waals surface area contributed by atoms with Gasteiger partial charge in [0.2, 0.25) is 0 Å². The summed E-state index contributed by atoms with van der Waals surface area (Å²) in [6.45, 7) is 5.50. The van der Waals surface area contributed by atoms with Gasteiger partial charge in [-0.25, -0.2) is 0 Å². The second-order valence-corrected chi connectivity index (χ2v) is 7.48. The smallest absolute Gasteiger partial charge is 0.269 e. The zero-order valence-electron chi connectivity index (χ0n) is 13.6. The quantitative estimate of drug-likeness (QED) is 0.633. The molecular formula is C18H25N3O2. The van der Waals surface area contributed by atoms with Crippen LogP contribution in [0.2, 0.25) is 0 Å². The molecule has 2 saturated carbocycles. The SMILES string of the molecule is O=[N+]([O-])c1ccc(CN2CCN([C@H]3C[C@@H]4CC[C@H]3C4)CC2)cc1. The van der Waals surface area contributed by atoms with E-state index in [1.165, 1.54) is 44.3 Å². The Morgan fingerprint density at radius 2 is 1.78 bits per heavy atom. The number of piperazine rings is 1. The molecular weight excluding hydrogens is 290 g/mol. The molecule has 0 radical (unpaired) electrons. The summed E-state index contributed by atoms with van der Waals surface area (Å²) in [7, 11) is 0. The highest BCUT2D eigenvalue weighted by Crippen LogP contribution is 2.46. The minimum Gasteiger partial charge on any atom is -0.298 e. The number of benzene rings is 1. The normalized spacial score (nSPS) is 31.6. The Morgan fingerprint density at radius 1 is 1.04 bits per heavy atom. The monoisotopic (exact) mass is 315 g/mol. The summed E-state index contributed by atoms with van der Waals surface area (Å²) in [6, 6.07) is 7.86. The third kappa shape index (κ3) is 3.12. The van der Waals surface area contributed by atoms with Crippen LogP contribution in [0, 0.1) is 22.0 Å². The van der Waals surface area contributed by atoms with Crippen LogP contribution < -0.4 is 0 Å². The fourth-order valence-corrected chi connectivity index (χ4v) is 4.89. The van der Waals surface area contributed by atoms with Crippen LogP contribution in [0.25, 0.3) is 0 Å². The van der Waals surface area contributed by atoms with Gasteiger partial charge in [-0.05, 0) is 36.7 Å². The Labute approximate surface area is 137 Å². The molecule has 1 aromatic rings. The number of nitrogens with zero attached hydrogens (tertiary/aromatic N) is 3. The molecule has 0 amide bonds. The first-order valence-electron chi connectivity index (χ1n) is 8.89. The van der Waals surface area contributed by atoms with E-state index in [-0.39, 0.29) is 10.6 Å². The van der Waals surface area contributed by atoms with Crippen LogP contribution >= 0.6 is 0 Å². The van der Waals surface area contributed by atoms with E-state index in [1.807, 2.05) is 12.1 Å². The molecule has 23 heavy (non-hydrogen) atoms. The van der Waals surface area contributed by atoms with Crippen molar-refractivity contribution in [1.82, 2.24) is 9.80 Å². The van der Waals surface area contributed by atoms with Crippen molar-refractivity contribution < 1.29 is 4.92 Å². The fraction of sp³-hybridized carbons (Fsp3) is 0.667. The molecule has 3 atom stereocenters. The molecule has 0 N–H and O–H groups in total. The maximum Gasteiger partial charge on any atom is 0.269 e. The van der Waals surface area contributed by atoms with Gasteiger partial charge in [0.15, 0.2) is 0 Å². The Hall–Kier alpha value is -1.46. The summed E-state index contributed by atoms with van der Waals surface area (Å²) >= 11 is 0. The first-order chi connectivity index (χ1) is 11.2. The van der Waals surface area contributed by atoms with Crippen molar-refractivity contribution in [3.05, 3.63) is 39.9 Å². The minimum atomic E-state index is -0.335. The summed E-state index contributed by atoms with van der Waals surface area (Å²) in [6.07, 6.45) is 5.85. The lowest BCUT2D eigenvalue weighted by atomic mass is 9.93. The molecule has 4 rings (SSSR count). The molecule has 3 aliphatic rings. The van der Waals surface area contributed by atoms with Crippen LogP contribution in [0.3, 0.4) is 0 Å². The van der Waals surface area contributed by atoms with Gasteiger partial charge in [-0.15, -0.1) is 0 Å². The van der Waals surface area contributed by atoms with Crippen molar-refractivity contribution >= 4 is 5.69 Å². The number of fused-ring (bicyclic) bond motifs is 2. The molecule has 3 fully saturated rings. The molecule has 0 unspecified atom stereocenters. The van der Waals surface area contributed by atoms with Crippen molar-refractivity contribution in [2.75, 3.05) is 26.2 Å². The molecule has 0 aromatic heterocycles. The Balaban J connectivity index is 1.29. The summed E-state index contributed by atoms with van der Waals surface area (Å²) in [5.74, 6) is 1.99. The third-order valence-corrected chi connectivity index (χ3v) is 6.13. The van der Waals surface area contributed by atoms with Crippen LogP contribution in [0.15, 0.2) is 24.3 Å². The molecule has 5 heteroatoms. The first-order valence-corrected chi connectivity index (χ1v) is 8.89. The van der Waals surface area contributed by atoms with E-state index in [4.69, 9.17) is 0 Å². The minimum absolute atomic E-state index is 0.176. The van der Waals surface area contributed by atoms with Gasteiger partial charge >= 0.3 is 0 Å². The molecule has 1 aromatic carbocycles. The number of nitro benzene ring substituents is 1. The van der Waals surface area contributed by atoms with Crippen LogP contribution in [-0.2, 0) is 6.54 Å². The van der Waals surface area contributed by atoms with Gasteiger partial charge in [0, 0.05) is 50.9 Å². The van der Waals surface area contributed by atoms with Crippen molar-refractivity contribution in [1.29, 1.82) is 0 Å². The van der Waals surface area contributed by atoms with E-state index in [2.05, 4.69) is 9.80 Å². The van der Waals surface area contributed by atoms with E-state index in [0.717, 1.165) is 37.5 Å². The summed E-state index contributed by atoms with van der Waals surface area (Å²) in [5.41, 5.74) is 1.35. The van der Waals surface area contributed by atoms with Gasteiger partial charge in [-0.2, -0.15) is 0 Å². The molecule has 1 heterocycles. The lowest BCUT2D eigenvalue weighted by Gasteiger charge is -2.41. The molecule has 5 nitrogen and oxygen atoms in total. The van der Waals surface area contributed by atoms with E-state index >= 15 is 0 Å². The highest BCUT2D eigenvalue weighted by Gasteiger charge is 2.42. The zero-order chi connectivity index (χ0) is 15.8. The largest absolute Gasteiger partial charge is 0.298 e. The van der Waals surface area contributed by atoms with Gasteiger partial charge in [-0.3, -0.25) is 19.9 Å². The van der Waals surface area contributed by atoms with Crippen molar-refractivity contribution in [3.63, 3.8) is 0 Å². The maximum absolute atomic E-state index is 10.7. The number of nitro groups is 1.